The third-order valence-electron chi connectivity index (χ3n) is 3.74. The van der Waals surface area contributed by atoms with E-state index in [9.17, 15) is 0 Å². The van der Waals surface area contributed by atoms with Crippen LogP contribution in [-0.2, 0) is 0 Å². The van der Waals surface area contributed by atoms with Gasteiger partial charge in [-0.3, -0.25) is 0 Å². The van der Waals surface area contributed by atoms with Gasteiger partial charge in [0.25, 0.3) is 0 Å². The van der Waals surface area contributed by atoms with Crippen molar-refractivity contribution in [2.45, 2.75) is 47.1 Å². The van der Waals surface area contributed by atoms with E-state index in [1.807, 2.05) is 0 Å². The number of rotatable bonds is 0. The molecule has 0 spiro atoms. The van der Waals surface area contributed by atoms with Gasteiger partial charge in [-0.05, 0) is 24.7 Å². The van der Waals surface area contributed by atoms with Crippen molar-refractivity contribution in [1.82, 2.24) is 0 Å². The maximum absolute atomic E-state index is 3.70. The standard InChI is InChI=1S/C11H16Br3/c12-11(13,14)10-7-3-5-8-4-1-2-6-9(8)10/h8-9H,1-7H2. The van der Waals surface area contributed by atoms with Gasteiger partial charge >= 0.3 is 0 Å². The number of hydrogen-bond acceptors (Lipinski definition) is 0. The summed E-state index contributed by atoms with van der Waals surface area (Å²) in [6.07, 6.45) is 9.85. The van der Waals surface area contributed by atoms with Gasteiger partial charge in [-0.15, -0.1) is 0 Å². The van der Waals surface area contributed by atoms with Crippen molar-refractivity contribution in [2.75, 3.05) is 0 Å². The minimum Gasteiger partial charge on any atom is -0.0593 e. The molecule has 0 bridgehead atoms. The molecule has 2 fully saturated rings. The molecule has 2 saturated carbocycles. The van der Waals surface area contributed by atoms with Crippen LogP contribution >= 0.6 is 47.8 Å². The second kappa shape index (κ2) is 4.75. The molecule has 14 heavy (non-hydrogen) atoms. The Morgan fingerprint density at radius 3 is 2.29 bits per heavy atom. The van der Waals surface area contributed by atoms with Crippen LogP contribution in [-0.4, -0.2) is 2.14 Å². The SMILES string of the molecule is BrC(Br)(Br)[C]1CCCC2CCCCC12. The molecular formula is C11H16Br3. The Bertz CT molecular complexity index is 195. The van der Waals surface area contributed by atoms with Crippen LogP contribution in [0.3, 0.4) is 0 Å². The molecule has 0 nitrogen and oxygen atoms in total. The van der Waals surface area contributed by atoms with Gasteiger partial charge in [0.05, 0.1) is 0 Å². The summed E-state index contributed by atoms with van der Waals surface area (Å²) in [7, 11) is 0. The lowest BCUT2D eigenvalue weighted by atomic mass is 9.66. The summed E-state index contributed by atoms with van der Waals surface area (Å²) in [6.45, 7) is 0. The van der Waals surface area contributed by atoms with Gasteiger partial charge < -0.3 is 0 Å². The minimum atomic E-state index is -0.0896. The second-order valence-corrected chi connectivity index (χ2v) is 11.3. The molecule has 3 heteroatoms. The van der Waals surface area contributed by atoms with Crippen LogP contribution in [0.25, 0.3) is 0 Å². The molecule has 0 N–H and O–H groups in total. The van der Waals surface area contributed by atoms with Crippen molar-refractivity contribution in [3.05, 3.63) is 5.92 Å². The van der Waals surface area contributed by atoms with Gasteiger partial charge in [0.2, 0.25) is 0 Å². The third-order valence-corrected chi connectivity index (χ3v) is 5.27. The average Bonchev–Trinajstić information content (AvgIpc) is 2.15. The number of halogens is 3. The monoisotopic (exact) mass is 385 g/mol. The normalized spacial score (nSPS) is 35.4. The van der Waals surface area contributed by atoms with Gasteiger partial charge in [0.15, 0.2) is 0 Å². The molecule has 2 unspecified atom stereocenters. The van der Waals surface area contributed by atoms with Crippen LogP contribution in [0.5, 0.6) is 0 Å². The van der Waals surface area contributed by atoms with E-state index < -0.39 is 0 Å². The zero-order valence-corrected chi connectivity index (χ0v) is 13.0. The predicted molar refractivity (Wildman–Crippen MR) is 72.1 cm³/mol. The summed E-state index contributed by atoms with van der Waals surface area (Å²) in [5, 5.41) is 0. The molecule has 0 aromatic rings. The third kappa shape index (κ3) is 2.57. The second-order valence-electron chi connectivity index (χ2n) is 4.57. The Morgan fingerprint density at radius 1 is 0.929 bits per heavy atom. The molecule has 2 aliphatic rings. The molecule has 0 saturated heterocycles. The van der Waals surface area contributed by atoms with Crippen molar-refractivity contribution < 1.29 is 0 Å². The predicted octanol–water partition coefficient (Wildman–Crippen LogP) is 5.39. The van der Waals surface area contributed by atoms with E-state index in [-0.39, 0.29) is 2.14 Å². The molecule has 81 valence electrons. The number of fused-ring (bicyclic) bond motifs is 1. The smallest absolute Gasteiger partial charge is 0.0593 e. The van der Waals surface area contributed by atoms with Crippen LogP contribution in [0.1, 0.15) is 44.9 Å². The van der Waals surface area contributed by atoms with E-state index in [1.54, 1.807) is 5.92 Å². The Morgan fingerprint density at radius 2 is 1.57 bits per heavy atom. The molecule has 0 aromatic carbocycles. The van der Waals surface area contributed by atoms with E-state index in [0.29, 0.717) is 0 Å². The first-order valence-corrected chi connectivity index (χ1v) is 7.90. The summed E-state index contributed by atoms with van der Waals surface area (Å²) in [4.78, 5) is 0. The maximum Gasteiger partial charge on any atom is 0.141 e. The van der Waals surface area contributed by atoms with Crippen LogP contribution in [0, 0.1) is 17.8 Å². The van der Waals surface area contributed by atoms with E-state index >= 15 is 0 Å². The van der Waals surface area contributed by atoms with Crippen molar-refractivity contribution in [3.8, 4) is 0 Å². The van der Waals surface area contributed by atoms with Crippen molar-refractivity contribution >= 4 is 47.8 Å². The van der Waals surface area contributed by atoms with Gasteiger partial charge in [0.1, 0.15) is 2.14 Å². The summed E-state index contributed by atoms with van der Waals surface area (Å²) < 4.78 is -0.0896. The Balaban J connectivity index is 2.09. The van der Waals surface area contributed by atoms with Gasteiger partial charge in [-0.2, -0.15) is 0 Å². The fraction of sp³-hybridized carbons (Fsp3) is 0.909. The first kappa shape index (κ1) is 11.9. The van der Waals surface area contributed by atoms with Gasteiger partial charge in [-0.1, -0.05) is 79.9 Å². The molecule has 0 aliphatic heterocycles. The highest BCUT2D eigenvalue weighted by Crippen LogP contribution is 2.56. The molecular weight excluding hydrogens is 372 g/mol. The van der Waals surface area contributed by atoms with Crippen LogP contribution in [0.15, 0.2) is 0 Å². The summed E-state index contributed by atoms with van der Waals surface area (Å²) in [6, 6.07) is 0. The molecule has 2 rings (SSSR count). The number of hydrogen-bond donors (Lipinski definition) is 0. The Kier molecular flexibility index (Phi) is 4.04. The van der Waals surface area contributed by atoms with Crippen LogP contribution in [0.4, 0.5) is 0 Å². The minimum absolute atomic E-state index is 0.0896. The zero-order valence-electron chi connectivity index (χ0n) is 8.24. The fourth-order valence-corrected chi connectivity index (χ4v) is 4.58. The van der Waals surface area contributed by atoms with Gasteiger partial charge in [0, 0.05) is 5.92 Å². The summed E-state index contributed by atoms with van der Waals surface area (Å²) in [5.41, 5.74) is 0. The van der Waals surface area contributed by atoms with Crippen molar-refractivity contribution in [1.29, 1.82) is 0 Å². The highest BCUT2D eigenvalue weighted by atomic mass is 80.0. The van der Waals surface area contributed by atoms with E-state index in [2.05, 4.69) is 47.8 Å². The zero-order chi connectivity index (χ0) is 10.2. The molecule has 0 amide bonds. The Labute approximate surface area is 112 Å². The van der Waals surface area contributed by atoms with Gasteiger partial charge in [-0.25, -0.2) is 0 Å². The van der Waals surface area contributed by atoms with E-state index in [4.69, 9.17) is 0 Å². The quantitative estimate of drug-likeness (QED) is 0.489. The summed E-state index contributed by atoms with van der Waals surface area (Å²) in [5.74, 6) is 3.48. The van der Waals surface area contributed by atoms with E-state index in [1.165, 1.54) is 44.9 Å². The maximum atomic E-state index is 3.70. The molecule has 0 heterocycles. The van der Waals surface area contributed by atoms with Crippen molar-refractivity contribution in [2.24, 2.45) is 11.8 Å². The average molecular weight is 388 g/mol. The molecule has 0 aromatic heterocycles. The van der Waals surface area contributed by atoms with E-state index in [0.717, 1.165) is 11.8 Å². The lowest BCUT2D eigenvalue weighted by Gasteiger charge is -2.44. The van der Waals surface area contributed by atoms with Crippen LogP contribution in [0.2, 0.25) is 0 Å². The highest BCUT2D eigenvalue weighted by Gasteiger charge is 2.43. The Hall–Kier alpha value is 1.44. The van der Waals surface area contributed by atoms with Crippen LogP contribution < -0.4 is 0 Å². The summed E-state index contributed by atoms with van der Waals surface area (Å²) >= 11 is 11.1. The lowest BCUT2D eigenvalue weighted by molar-refractivity contribution is 0.193. The highest BCUT2D eigenvalue weighted by molar-refractivity contribution is 9.39. The largest absolute Gasteiger partial charge is 0.141 e. The first-order chi connectivity index (χ1) is 6.59. The molecule has 2 atom stereocenters. The molecule has 1 radical (unpaired) electrons. The van der Waals surface area contributed by atoms with Crippen molar-refractivity contribution in [3.63, 3.8) is 0 Å². The fourth-order valence-electron chi connectivity index (χ4n) is 3.10. The molecule has 2 aliphatic carbocycles. The number of alkyl halides is 3. The first-order valence-electron chi connectivity index (χ1n) is 5.52. The topological polar surface area (TPSA) is 0 Å². The lowest BCUT2D eigenvalue weighted by Crippen LogP contribution is -2.35.